The van der Waals surface area contributed by atoms with Crippen LogP contribution in [-0.2, 0) is 29.2 Å². The van der Waals surface area contributed by atoms with E-state index in [1.807, 2.05) is 54.6 Å². The van der Waals surface area contributed by atoms with Crippen molar-refractivity contribution in [2.24, 2.45) is 0 Å². The predicted octanol–water partition coefficient (Wildman–Crippen LogP) is 6.53. The van der Waals surface area contributed by atoms with E-state index in [4.69, 9.17) is 4.74 Å². The van der Waals surface area contributed by atoms with E-state index in [2.05, 4.69) is 79.9 Å². The van der Waals surface area contributed by atoms with Gasteiger partial charge in [-0.2, -0.15) is 0 Å². The molecule has 4 aromatic carbocycles. The fourth-order valence-corrected chi connectivity index (χ4v) is 7.66. The number of hydrogen-bond acceptors (Lipinski definition) is 6. The maximum absolute atomic E-state index is 12.8. The lowest BCUT2D eigenvalue weighted by Crippen LogP contribution is -2.45. The zero-order valence-electron chi connectivity index (χ0n) is 28.2. The van der Waals surface area contributed by atoms with Crippen LogP contribution >= 0.6 is 0 Å². The SMILES string of the molecule is O=C(CCN1CCC(OC(=O)Nc2ccccc2-c2ccccc2)CC1)NCc1cccc(CN2C[C@H]3CC2CN3Cc2ccccc2)c1. The molecule has 254 valence electrons. The molecule has 4 aromatic rings. The van der Waals surface area contributed by atoms with Crippen LogP contribution < -0.4 is 10.6 Å². The number of anilines is 1. The molecule has 2 amide bonds. The highest BCUT2D eigenvalue weighted by Gasteiger charge is 2.42. The van der Waals surface area contributed by atoms with Crippen molar-refractivity contribution in [2.75, 3.05) is 38.0 Å². The number of hydrogen-bond donors (Lipinski definition) is 2. The van der Waals surface area contributed by atoms with Gasteiger partial charge < -0.3 is 15.0 Å². The zero-order valence-corrected chi connectivity index (χ0v) is 28.2. The number of benzene rings is 4. The number of nitrogens with one attached hydrogen (secondary N) is 2. The molecule has 2 N–H and O–H groups in total. The van der Waals surface area contributed by atoms with E-state index in [0.29, 0.717) is 31.6 Å². The Morgan fingerprint density at radius 3 is 2.08 bits per heavy atom. The lowest BCUT2D eigenvalue weighted by Gasteiger charge is -2.34. The molecule has 0 aliphatic carbocycles. The highest BCUT2D eigenvalue weighted by Crippen LogP contribution is 2.33. The van der Waals surface area contributed by atoms with Gasteiger partial charge in [0.05, 0.1) is 5.69 Å². The second-order valence-electron chi connectivity index (χ2n) is 13.7. The molecule has 0 radical (unpaired) electrons. The number of likely N-dealkylation sites (tertiary alicyclic amines) is 3. The van der Waals surface area contributed by atoms with E-state index < -0.39 is 6.09 Å². The van der Waals surface area contributed by atoms with Crippen LogP contribution in [0.2, 0.25) is 0 Å². The molecule has 3 saturated heterocycles. The molecule has 0 saturated carbocycles. The first-order valence-corrected chi connectivity index (χ1v) is 17.8. The number of rotatable bonds is 12. The summed E-state index contributed by atoms with van der Waals surface area (Å²) in [5, 5.41) is 6.07. The summed E-state index contributed by atoms with van der Waals surface area (Å²) in [4.78, 5) is 33.1. The average Bonchev–Trinajstić information content (AvgIpc) is 3.72. The van der Waals surface area contributed by atoms with Crippen LogP contribution in [0.1, 0.15) is 42.4 Å². The molecule has 3 aliphatic rings. The quantitative estimate of drug-likeness (QED) is 0.181. The molecule has 8 heteroatoms. The van der Waals surface area contributed by atoms with Crippen LogP contribution in [0.3, 0.4) is 0 Å². The summed E-state index contributed by atoms with van der Waals surface area (Å²) < 4.78 is 5.78. The van der Waals surface area contributed by atoms with Crippen LogP contribution in [0.4, 0.5) is 10.5 Å². The zero-order chi connectivity index (χ0) is 33.4. The number of para-hydroxylation sites is 1. The number of piperazine rings is 1. The predicted molar refractivity (Wildman–Crippen MR) is 194 cm³/mol. The van der Waals surface area contributed by atoms with E-state index in [-0.39, 0.29) is 12.0 Å². The van der Waals surface area contributed by atoms with Crippen molar-refractivity contribution in [2.45, 2.75) is 63.5 Å². The van der Waals surface area contributed by atoms with E-state index in [9.17, 15) is 9.59 Å². The molecule has 3 fully saturated rings. The summed E-state index contributed by atoms with van der Waals surface area (Å²) in [7, 11) is 0. The first kappa shape index (κ1) is 33.0. The molecule has 0 aromatic heterocycles. The van der Waals surface area contributed by atoms with E-state index in [0.717, 1.165) is 74.5 Å². The molecule has 7 rings (SSSR count). The average molecular weight is 658 g/mol. The maximum atomic E-state index is 12.8. The number of carbonyl (C=O) groups is 2. The molecule has 1 unspecified atom stereocenters. The largest absolute Gasteiger partial charge is 0.446 e. The summed E-state index contributed by atoms with van der Waals surface area (Å²) in [6.45, 7) is 7.12. The Morgan fingerprint density at radius 1 is 0.714 bits per heavy atom. The van der Waals surface area contributed by atoms with Gasteiger partial charge in [0.2, 0.25) is 5.91 Å². The fourth-order valence-electron chi connectivity index (χ4n) is 7.66. The molecule has 2 bridgehead atoms. The van der Waals surface area contributed by atoms with Gasteiger partial charge in [0, 0.05) is 76.4 Å². The van der Waals surface area contributed by atoms with Crippen molar-refractivity contribution in [3.05, 3.63) is 126 Å². The highest BCUT2D eigenvalue weighted by atomic mass is 16.6. The van der Waals surface area contributed by atoms with Crippen molar-refractivity contribution in [3.8, 4) is 11.1 Å². The lowest BCUT2D eigenvalue weighted by atomic mass is 10.0. The Morgan fingerprint density at radius 2 is 1.35 bits per heavy atom. The van der Waals surface area contributed by atoms with Gasteiger partial charge in [0.25, 0.3) is 0 Å². The molecule has 3 aliphatic heterocycles. The maximum Gasteiger partial charge on any atom is 0.411 e. The normalized spacial score (nSPS) is 19.9. The number of carbonyl (C=O) groups excluding carboxylic acids is 2. The second kappa shape index (κ2) is 15.8. The van der Waals surface area contributed by atoms with Crippen molar-refractivity contribution < 1.29 is 14.3 Å². The third-order valence-corrected chi connectivity index (χ3v) is 10.3. The first-order chi connectivity index (χ1) is 24.1. The smallest absolute Gasteiger partial charge is 0.411 e. The summed E-state index contributed by atoms with van der Waals surface area (Å²) >= 11 is 0. The first-order valence-electron chi connectivity index (χ1n) is 17.8. The van der Waals surface area contributed by atoms with Crippen LogP contribution in [0.15, 0.2) is 109 Å². The molecular formula is C41H47N5O3. The van der Waals surface area contributed by atoms with Gasteiger partial charge in [-0.25, -0.2) is 4.79 Å². The Kier molecular flexibility index (Phi) is 10.7. The third kappa shape index (κ3) is 8.76. The van der Waals surface area contributed by atoms with Crippen LogP contribution in [0, 0.1) is 0 Å². The Balaban J connectivity index is 0.792. The summed E-state index contributed by atoms with van der Waals surface area (Å²) in [6.07, 6.45) is 2.66. The van der Waals surface area contributed by atoms with Crippen molar-refractivity contribution in [1.82, 2.24) is 20.0 Å². The number of nitrogens with zero attached hydrogens (tertiary/aromatic N) is 3. The standard InChI is InChI=1S/C41H47N5O3/c47-40(20-23-44-21-18-37(19-22-44)49-41(48)43-39-17-8-7-16-38(39)34-14-5-2-6-15-34)42-26-32-12-9-13-33(24-32)28-46-30-35-25-36(46)29-45(35)27-31-10-3-1-4-11-31/h1-17,24,35-37H,18-23,25-30H2,(H,42,47)(H,43,48)/t35-,36?/m1/s1. The van der Waals surface area contributed by atoms with Crippen molar-refractivity contribution in [3.63, 3.8) is 0 Å². The van der Waals surface area contributed by atoms with E-state index >= 15 is 0 Å². The van der Waals surface area contributed by atoms with Gasteiger partial charge >= 0.3 is 6.09 Å². The molecule has 0 spiro atoms. The van der Waals surface area contributed by atoms with Gasteiger partial charge in [0.15, 0.2) is 0 Å². The molecule has 3 heterocycles. The number of amides is 2. The summed E-state index contributed by atoms with van der Waals surface area (Å²) in [5.41, 5.74) is 6.59. The van der Waals surface area contributed by atoms with Crippen LogP contribution in [0.25, 0.3) is 11.1 Å². The number of fused-ring (bicyclic) bond motifs is 2. The fraction of sp³-hybridized carbons (Fsp3) is 0.366. The minimum Gasteiger partial charge on any atom is -0.446 e. The Labute approximate surface area is 290 Å². The Hall–Kier alpha value is -4.50. The van der Waals surface area contributed by atoms with E-state index in [1.165, 1.54) is 17.5 Å². The third-order valence-electron chi connectivity index (χ3n) is 10.3. The molecule has 49 heavy (non-hydrogen) atoms. The minimum atomic E-state index is -0.427. The van der Waals surface area contributed by atoms with Gasteiger partial charge in [-0.3, -0.25) is 19.9 Å². The van der Waals surface area contributed by atoms with Crippen LogP contribution in [-0.4, -0.2) is 77.6 Å². The number of ether oxygens (including phenoxy) is 1. The summed E-state index contributed by atoms with van der Waals surface area (Å²) in [5.74, 6) is 0.0654. The van der Waals surface area contributed by atoms with Gasteiger partial charge in [-0.05, 0) is 47.6 Å². The Bertz CT molecular complexity index is 1690. The van der Waals surface area contributed by atoms with Crippen molar-refractivity contribution >= 4 is 17.7 Å². The topological polar surface area (TPSA) is 77.1 Å². The monoisotopic (exact) mass is 657 g/mol. The molecule has 2 atom stereocenters. The highest BCUT2D eigenvalue weighted by molar-refractivity contribution is 5.91. The van der Waals surface area contributed by atoms with Gasteiger partial charge in [-0.15, -0.1) is 0 Å². The van der Waals surface area contributed by atoms with E-state index in [1.54, 1.807) is 0 Å². The molecule has 8 nitrogen and oxygen atoms in total. The minimum absolute atomic E-state index is 0.0654. The van der Waals surface area contributed by atoms with Gasteiger partial charge in [0.1, 0.15) is 6.10 Å². The second-order valence-corrected chi connectivity index (χ2v) is 13.7. The summed E-state index contributed by atoms with van der Waals surface area (Å²) in [6, 6.07) is 38.5. The van der Waals surface area contributed by atoms with Crippen LogP contribution in [0.5, 0.6) is 0 Å². The lowest BCUT2D eigenvalue weighted by molar-refractivity contribution is -0.121. The van der Waals surface area contributed by atoms with Gasteiger partial charge in [-0.1, -0.05) is 103 Å². The molecular weight excluding hydrogens is 610 g/mol. The number of piperidine rings is 1. The van der Waals surface area contributed by atoms with Crippen molar-refractivity contribution in [1.29, 1.82) is 0 Å².